The van der Waals surface area contributed by atoms with Crippen LogP contribution in [-0.2, 0) is 17.8 Å². The van der Waals surface area contributed by atoms with Crippen molar-refractivity contribution in [3.63, 3.8) is 0 Å². The summed E-state index contributed by atoms with van der Waals surface area (Å²) < 4.78 is 13.6. The third kappa shape index (κ3) is 4.55. The van der Waals surface area contributed by atoms with E-state index in [9.17, 15) is 9.59 Å². The lowest BCUT2D eigenvalue weighted by Gasteiger charge is -2.32. The standard InChI is InChI=1S/C26H32N4O4/c1-3-33-23-13-18-12-17(2)34-24(18)14-19(23)15-27-25(31)16-29-10-8-20(9-11-29)30-22-7-5-4-6-21(22)28-26(30)32/h4-7,13-14,17,20H,3,8-12,15-16H2,1-2H3,(H,27,31)(H,28,32)/t17-/m0/s1. The van der Waals surface area contributed by atoms with Crippen LogP contribution in [0.25, 0.3) is 11.0 Å². The van der Waals surface area contributed by atoms with Gasteiger partial charge in [-0.2, -0.15) is 0 Å². The minimum absolute atomic E-state index is 0.0139. The van der Waals surface area contributed by atoms with Crippen LogP contribution in [0.2, 0.25) is 0 Å². The highest BCUT2D eigenvalue weighted by atomic mass is 16.5. The molecule has 0 aliphatic carbocycles. The van der Waals surface area contributed by atoms with Crippen LogP contribution in [-0.4, -0.2) is 52.7 Å². The van der Waals surface area contributed by atoms with Crippen molar-refractivity contribution in [2.45, 2.75) is 51.8 Å². The number of hydrogen-bond donors (Lipinski definition) is 2. The van der Waals surface area contributed by atoms with Gasteiger partial charge in [0.2, 0.25) is 5.91 Å². The Kier molecular flexibility index (Phi) is 6.32. The number of aromatic nitrogens is 2. The molecule has 1 aromatic heterocycles. The molecule has 0 unspecified atom stereocenters. The summed E-state index contributed by atoms with van der Waals surface area (Å²) in [7, 11) is 0. The molecule has 0 saturated carbocycles. The lowest BCUT2D eigenvalue weighted by atomic mass is 10.0. The lowest BCUT2D eigenvalue weighted by molar-refractivity contribution is -0.122. The predicted octanol–water partition coefficient (Wildman–Crippen LogP) is 3.01. The highest BCUT2D eigenvalue weighted by Gasteiger charge is 2.25. The third-order valence-electron chi connectivity index (χ3n) is 6.77. The molecular formula is C26H32N4O4. The minimum atomic E-state index is -0.0600. The zero-order valence-electron chi connectivity index (χ0n) is 19.8. The van der Waals surface area contributed by atoms with E-state index >= 15 is 0 Å². The number of likely N-dealkylation sites (tertiary alicyclic amines) is 1. The molecule has 1 fully saturated rings. The summed E-state index contributed by atoms with van der Waals surface area (Å²) in [5, 5.41) is 3.04. The number of imidazole rings is 1. The highest BCUT2D eigenvalue weighted by molar-refractivity contribution is 5.78. The van der Waals surface area contributed by atoms with Crippen molar-refractivity contribution >= 4 is 16.9 Å². The Morgan fingerprint density at radius 2 is 2.03 bits per heavy atom. The number of H-pyrrole nitrogens is 1. The van der Waals surface area contributed by atoms with Crippen LogP contribution in [0.1, 0.15) is 43.9 Å². The van der Waals surface area contributed by atoms with Crippen molar-refractivity contribution in [1.29, 1.82) is 0 Å². The molecule has 0 spiro atoms. The number of benzene rings is 2. The molecule has 8 nitrogen and oxygen atoms in total. The monoisotopic (exact) mass is 464 g/mol. The summed E-state index contributed by atoms with van der Waals surface area (Å²) >= 11 is 0. The number of rotatable bonds is 7. The number of hydrogen-bond acceptors (Lipinski definition) is 5. The van der Waals surface area contributed by atoms with Crippen molar-refractivity contribution in [2.24, 2.45) is 0 Å². The van der Waals surface area contributed by atoms with Gasteiger partial charge in [-0.15, -0.1) is 0 Å². The van der Waals surface area contributed by atoms with Crippen molar-refractivity contribution in [1.82, 2.24) is 19.8 Å². The number of nitrogens with one attached hydrogen (secondary N) is 2. The Bertz CT molecular complexity index is 1240. The zero-order chi connectivity index (χ0) is 23.7. The average Bonchev–Trinajstić information content (AvgIpc) is 3.35. The highest BCUT2D eigenvalue weighted by Crippen LogP contribution is 2.35. The SMILES string of the molecule is CCOc1cc2c(cc1CNC(=O)CN1CCC(n3c(=O)[nH]c4ccccc43)CC1)O[C@@H](C)C2. The summed E-state index contributed by atoms with van der Waals surface area (Å²) in [5.41, 5.74) is 3.84. The fourth-order valence-electron chi connectivity index (χ4n) is 5.13. The molecule has 0 radical (unpaired) electrons. The first-order valence-electron chi connectivity index (χ1n) is 12.2. The van der Waals surface area contributed by atoms with Crippen LogP contribution in [0.3, 0.4) is 0 Å². The summed E-state index contributed by atoms with van der Waals surface area (Å²) in [6, 6.07) is 12.0. The van der Waals surface area contributed by atoms with E-state index in [1.165, 1.54) is 0 Å². The molecule has 1 atom stereocenters. The number of piperidine rings is 1. The first kappa shape index (κ1) is 22.5. The maximum Gasteiger partial charge on any atom is 0.326 e. The largest absolute Gasteiger partial charge is 0.494 e. The zero-order valence-corrected chi connectivity index (χ0v) is 19.8. The van der Waals surface area contributed by atoms with E-state index in [-0.39, 0.29) is 23.7 Å². The van der Waals surface area contributed by atoms with Gasteiger partial charge in [-0.1, -0.05) is 12.1 Å². The molecular weight excluding hydrogens is 432 g/mol. The van der Waals surface area contributed by atoms with Crippen molar-refractivity contribution in [2.75, 3.05) is 26.2 Å². The van der Waals surface area contributed by atoms with Crippen LogP contribution in [0.15, 0.2) is 41.2 Å². The van der Waals surface area contributed by atoms with E-state index in [4.69, 9.17) is 9.47 Å². The van der Waals surface area contributed by atoms with Crippen molar-refractivity contribution in [3.05, 3.63) is 58.0 Å². The summed E-state index contributed by atoms with van der Waals surface area (Å²) in [6.45, 7) is 6.89. The second kappa shape index (κ2) is 9.54. The summed E-state index contributed by atoms with van der Waals surface area (Å²) in [5.74, 6) is 1.68. The van der Waals surface area contributed by atoms with E-state index in [1.54, 1.807) is 0 Å². The second-order valence-electron chi connectivity index (χ2n) is 9.23. The normalized spacial score (nSPS) is 18.6. The van der Waals surface area contributed by atoms with Gasteiger partial charge in [0.05, 0.1) is 24.2 Å². The van der Waals surface area contributed by atoms with Crippen molar-refractivity contribution in [3.8, 4) is 11.5 Å². The molecule has 180 valence electrons. The Morgan fingerprint density at radius 1 is 1.24 bits per heavy atom. The number of carbonyl (C=O) groups is 1. The number of carbonyl (C=O) groups excluding carboxylic acids is 1. The van der Waals surface area contributed by atoms with Crippen LogP contribution in [0, 0.1) is 0 Å². The smallest absolute Gasteiger partial charge is 0.326 e. The molecule has 3 aromatic rings. The number of ether oxygens (including phenoxy) is 2. The first-order chi connectivity index (χ1) is 16.5. The Labute approximate surface area is 198 Å². The molecule has 2 aliphatic rings. The first-order valence-corrected chi connectivity index (χ1v) is 12.2. The molecule has 0 bridgehead atoms. The fraction of sp³-hybridized carbons (Fsp3) is 0.462. The molecule has 2 N–H and O–H groups in total. The Hall–Kier alpha value is -3.26. The molecule has 2 aliphatic heterocycles. The number of fused-ring (bicyclic) bond motifs is 2. The van der Waals surface area contributed by atoms with Crippen LogP contribution >= 0.6 is 0 Å². The van der Waals surface area contributed by atoms with Crippen LogP contribution in [0.4, 0.5) is 0 Å². The van der Waals surface area contributed by atoms with Crippen LogP contribution in [0.5, 0.6) is 11.5 Å². The van der Waals surface area contributed by atoms with Gasteiger partial charge in [0.15, 0.2) is 0 Å². The van der Waals surface area contributed by atoms with Gasteiger partial charge in [0, 0.05) is 43.2 Å². The molecule has 1 saturated heterocycles. The maximum atomic E-state index is 12.7. The Morgan fingerprint density at radius 3 is 2.82 bits per heavy atom. The van der Waals surface area contributed by atoms with Gasteiger partial charge in [0.25, 0.3) is 0 Å². The topological polar surface area (TPSA) is 88.6 Å². The van der Waals surface area contributed by atoms with Crippen molar-refractivity contribution < 1.29 is 14.3 Å². The van der Waals surface area contributed by atoms with Gasteiger partial charge in [-0.05, 0) is 51.0 Å². The van der Waals surface area contributed by atoms with Crippen LogP contribution < -0.4 is 20.5 Å². The molecule has 1 amide bonds. The summed E-state index contributed by atoms with van der Waals surface area (Å²) in [4.78, 5) is 30.3. The lowest BCUT2D eigenvalue weighted by Crippen LogP contribution is -2.42. The van der Waals surface area contributed by atoms with Gasteiger partial charge >= 0.3 is 5.69 Å². The third-order valence-corrected chi connectivity index (χ3v) is 6.77. The van der Waals surface area contributed by atoms with E-state index in [0.717, 1.165) is 66.0 Å². The second-order valence-corrected chi connectivity index (χ2v) is 9.23. The molecule has 5 rings (SSSR count). The van der Waals surface area contributed by atoms with Gasteiger partial charge < -0.3 is 19.8 Å². The average molecular weight is 465 g/mol. The number of amides is 1. The Balaban J connectivity index is 1.16. The van der Waals surface area contributed by atoms with E-state index in [0.29, 0.717) is 19.7 Å². The van der Waals surface area contributed by atoms with Gasteiger partial charge in [-0.3, -0.25) is 14.3 Å². The van der Waals surface area contributed by atoms with Gasteiger partial charge in [0.1, 0.15) is 17.6 Å². The number of para-hydroxylation sites is 2. The minimum Gasteiger partial charge on any atom is -0.494 e. The van der Waals surface area contributed by atoms with Gasteiger partial charge in [-0.25, -0.2) is 4.79 Å². The fourth-order valence-corrected chi connectivity index (χ4v) is 5.13. The quantitative estimate of drug-likeness (QED) is 0.561. The van der Waals surface area contributed by atoms with E-state index in [2.05, 4.69) is 22.1 Å². The predicted molar refractivity (Wildman–Crippen MR) is 131 cm³/mol. The number of aromatic amines is 1. The molecule has 3 heterocycles. The maximum absolute atomic E-state index is 12.7. The molecule has 2 aromatic carbocycles. The summed E-state index contributed by atoms with van der Waals surface area (Å²) in [6.07, 6.45) is 2.72. The number of nitrogens with zero attached hydrogens (tertiary/aromatic N) is 2. The molecule has 34 heavy (non-hydrogen) atoms. The van der Waals surface area contributed by atoms with E-state index in [1.807, 2.05) is 47.9 Å². The van der Waals surface area contributed by atoms with E-state index < -0.39 is 0 Å². The molecule has 8 heteroatoms.